The summed E-state index contributed by atoms with van der Waals surface area (Å²) in [4.78, 5) is 7.10. The fourth-order valence-corrected chi connectivity index (χ4v) is 2.87. The number of rotatable bonds is 5. The molecule has 2 aromatic rings. The summed E-state index contributed by atoms with van der Waals surface area (Å²) < 4.78 is 5.60. The molecule has 0 spiro atoms. The summed E-state index contributed by atoms with van der Waals surface area (Å²) in [5, 5.41) is 3.27. The van der Waals surface area contributed by atoms with E-state index in [2.05, 4.69) is 15.2 Å². The van der Waals surface area contributed by atoms with Gasteiger partial charge in [0, 0.05) is 24.7 Å². The minimum absolute atomic E-state index is 0. The van der Waals surface area contributed by atoms with Gasteiger partial charge < -0.3 is 9.73 Å². The van der Waals surface area contributed by atoms with Gasteiger partial charge in [-0.15, -0.1) is 12.4 Å². The summed E-state index contributed by atoms with van der Waals surface area (Å²) >= 11 is 0. The van der Waals surface area contributed by atoms with Crippen LogP contribution in [0.5, 0.6) is 0 Å². The molecule has 1 aromatic heterocycles. The molecule has 2 heterocycles. The molecular weight excluding hydrogens is 286 g/mol. The Labute approximate surface area is 132 Å². The number of likely N-dealkylation sites (N-methyl/N-ethyl adjacent to an activating group) is 1. The zero-order valence-corrected chi connectivity index (χ0v) is 13.1. The largest absolute Gasteiger partial charge is 0.444 e. The Bertz CT molecular complexity index is 543. The van der Waals surface area contributed by atoms with Gasteiger partial charge in [0.15, 0.2) is 0 Å². The molecule has 1 saturated heterocycles. The van der Waals surface area contributed by atoms with Gasteiger partial charge in [0.05, 0.1) is 5.69 Å². The van der Waals surface area contributed by atoms with E-state index in [1.54, 1.807) is 6.26 Å². The van der Waals surface area contributed by atoms with Gasteiger partial charge in [-0.05, 0) is 38.6 Å². The van der Waals surface area contributed by atoms with Gasteiger partial charge in [0.1, 0.15) is 6.26 Å². The number of aromatic nitrogens is 1. The topological polar surface area (TPSA) is 41.3 Å². The monoisotopic (exact) mass is 307 g/mol. The van der Waals surface area contributed by atoms with E-state index in [1.807, 2.05) is 37.4 Å². The molecule has 0 bridgehead atoms. The van der Waals surface area contributed by atoms with Gasteiger partial charge in [0.25, 0.3) is 0 Å². The SMILES string of the molecule is CNCC1CCCN1Cc1coc(-c2ccccc2)n1.Cl. The van der Waals surface area contributed by atoms with Crippen LogP contribution in [0, 0.1) is 0 Å². The molecule has 0 saturated carbocycles. The molecule has 1 unspecified atom stereocenters. The molecule has 21 heavy (non-hydrogen) atoms. The third kappa shape index (κ3) is 3.84. The molecule has 0 amide bonds. The van der Waals surface area contributed by atoms with Crippen LogP contribution < -0.4 is 5.32 Å². The van der Waals surface area contributed by atoms with Gasteiger partial charge in [-0.25, -0.2) is 4.98 Å². The van der Waals surface area contributed by atoms with Crippen molar-refractivity contribution in [2.45, 2.75) is 25.4 Å². The molecule has 1 fully saturated rings. The van der Waals surface area contributed by atoms with E-state index in [4.69, 9.17) is 4.42 Å². The van der Waals surface area contributed by atoms with E-state index in [-0.39, 0.29) is 12.4 Å². The summed E-state index contributed by atoms with van der Waals surface area (Å²) in [6, 6.07) is 10.7. The number of nitrogens with zero attached hydrogens (tertiary/aromatic N) is 2. The zero-order chi connectivity index (χ0) is 13.8. The Morgan fingerprint density at radius 1 is 1.33 bits per heavy atom. The van der Waals surface area contributed by atoms with Crippen LogP contribution in [-0.4, -0.2) is 36.1 Å². The average Bonchev–Trinajstić information content (AvgIpc) is 3.11. The summed E-state index contributed by atoms with van der Waals surface area (Å²) in [5.41, 5.74) is 2.05. The van der Waals surface area contributed by atoms with E-state index in [0.717, 1.165) is 30.9 Å². The average molecular weight is 308 g/mol. The Hall–Kier alpha value is -1.36. The highest BCUT2D eigenvalue weighted by Crippen LogP contribution is 2.22. The van der Waals surface area contributed by atoms with Crippen molar-refractivity contribution in [1.29, 1.82) is 0 Å². The molecule has 1 N–H and O–H groups in total. The highest BCUT2D eigenvalue weighted by molar-refractivity contribution is 5.85. The number of likely N-dealkylation sites (tertiary alicyclic amines) is 1. The summed E-state index contributed by atoms with van der Waals surface area (Å²) in [6.07, 6.45) is 4.33. The van der Waals surface area contributed by atoms with E-state index in [0.29, 0.717) is 11.9 Å². The van der Waals surface area contributed by atoms with Crippen LogP contribution in [0.1, 0.15) is 18.5 Å². The quantitative estimate of drug-likeness (QED) is 0.922. The molecule has 114 valence electrons. The Morgan fingerprint density at radius 2 is 2.14 bits per heavy atom. The molecular formula is C16H22ClN3O. The van der Waals surface area contributed by atoms with Crippen molar-refractivity contribution in [2.75, 3.05) is 20.1 Å². The van der Waals surface area contributed by atoms with Crippen molar-refractivity contribution in [3.05, 3.63) is 42.3 Å². The molecule has 1 aliphatic rings. The highest BCUT2D eigenvalue weighted by atomic mass is 35.5. The molecule has 3 rings (SSSR count). The van der Waals surface area contributed by atoms with Gasteiger partial charge in [-0.1, -0.05) is 18.2 Å². The number of benzene rings is 1. The number of hydrogen-bond acceptors (Lipinski definition) is 4. The van der Waals surface area contributed by atoms with Crippen molar-refractivity contribution < 1.29 is 4.42 Å². The van der Waals surface area contributed by atoms with Crippen LogP contribution in [-0.2, 0) is 6.54 Å². The van der Waals surface area contributed by atoms with Crippen molar-refractivity contribution >= 4 is 12.4 Å². The first-order chi connectivity index (χ1) is 9.86. The second-order valence-corrected chi connectivity index (χ2v) is 5.33. The predicted molar refractivity (Wildman–Crippen MR) is 86.5 cm³/mol. The van der Waals surface area contributed by atoms with Crippen molar-refractivity contribution in [3.8, 4) is 11.5 Å². The fraction of sp³-hybridized carbons (Fsp3) is 0.438. The molecule has 5 heteroatoms. The second kappa shape index (κ2) is 7.59. The number of halogens is 1. The predicted octanol–water partition coefficient (Wildman–Crippen LogP) is 2.95. The van der Waals surface area contributed by atoms with Crippen LogP contribution in [0.15, 0.2) is 41.0 Å². The fourth-order valence-electron chi connectivity index (χ4n) is 2.87. The van der Waals surface area contributed by atoms with Crippen molar-refractivity contribution in [3.63, 3.8) is 0 Å². The van der Waals surface area contributed by atoms with Gasteiger partial charge in [-0.3, -0.25) is 4.90 Å². The number of nitrogens with one attached hydrogen (secondary N) is 1. The summed E-state index contributed by atoms with van der Waals surface area (Å²) in [7, 11) is 2.01. The molecule has 1 aromatic carbocycles. The third-order valence-corrected chi connectivity index (χ3v) is 3.88. The molecule has 0 aliphatic carbocycles. The maximum atomic E-state index is 5.60. The van der Waals surface area contributed by atoms with E-state index in [1.165, 1.54) is 12.8 Å². The third-order valence-electron chi connectivity index (χ3n) is 3.88. The lowest BCUT2D eigenvalue weighted by Crippen LogP contribution is -2.36. The highest BCUT2D eigenvalue weighted by Gasteiger charge is 2.24. The number of hydrogen-bond donors (Lipinski definition) is 1. The smallest absolute Gasteiger partial charge is 0.226 e. The maximum absolute atomic E-state index is 5.60. The minimum atomic E-state index is 0. The first-order valence-electron chi connectivity index (χ1n) is 7.25. The first-order valence-corrected chi connectivity index (χ1v) is 7.25. The molecule has 1 atom stereocenters. The molecule has 4 nitrogen and oxygen atoms in total. The summed E-state index contributed by atoms with van der Waals surface area (Å²) in [6.45, 7) is 3.08. The summed E-state index contributed by atoms with van der Waals surface area (Å²) in [5.74, 6) is 0.713. The van der Waals surface area contributed by atoms with Crippen LogP contribution in [0.2, 0.25) is 0 Å². The van der Waals surface area contributed by atoms with E-state index in [9.17, 15) is 0 Å². The lowest BCUT2D eigenvalue weighted by molar-refractivity contribution is 0.239. The zero-order valence-electron chi connectivity index (χ0n) is 12.3. The van der Waals surface area contributed by atoms with E-state index < -0.39 is 0 Å². The lowest BCUT2D eigenvalue weighted by Gasteiger charge is -2.22. The standard InChI is InChI=1S/C16H21N3O.ClH/c1-17-10-15-8-5-9-19(15)11-14-12-20-16(18-14)13-6-3-2-4-7-13;/h2-4,6-7,12,15,17H,5,8-11H2,1H3;1H. The van der Waals surface area contributed by atoms with Gasteiger partial charge in [0.2, 0.25) is 5.89 Å². The van der Waals surface area contributed by atoms with Crippen molar-refractivity contribution in [1.82, 2.24) is 15.2 Å². The Balaban J connectivity index is 0.00000161. The van der Waals surface area contributed by atoms with Crippen LogP contribution in [0.25, 0.3) is 11.5 Å². The van der Waals surface area contributed by atoms with Gasteiger partial charge >= 0.3 is 0 Å². The second-order valence-electron chi connectivity index (χ2n) is 5.33. The molecule has 1 aliphatic heterocycles. The van der Waals surface area contributed by atoms with Crippen molar-refractivity contribution in [2.24, 2.45) is 0 Å². The first kappa shape index (κ1) is 16.0. The Morgan fingerprint density at radius 3 is 2.90 bits per heavy atom. The Kier molecular flexibility index (Phi) is 5.79. The minimum Gasteiger partial charge on any atom is -0.444 e. The maximum Gasteiger partial charge on any atom is 0.226 e. The van der Waals surface area contributed by atoms with Crippen LogP contribution in [0.3, 0.4) is 0 Å². The van der Waals surface area contributed by atoms with Crippen LogP contribution >= 0.6 is 12.4 Å². The molecule has 0 radical (unpaired) electrons. The van der Waals surface area contributed by atoms with E-state index >= 15 is 0 Å². The number of oxazole rings is 1. The van der Waals surface area contributed by atoms with Gasteiger partial charge in [-0.2, -0.15) is 0 Å². The normalized spacial score (nSPS) is 18.6. The van der Waals surface area contributed by atoms with Crippen LogP contribution in [0.4, 0.5) is 0 Å². The lowest BCUT2D eigenvalue weighted by atomic mass is 10.2.